The van der Waals surface area contributed by atoms with Crippen molar-refractivity contribution in [2.75, 3.05) is 13.1 Å². The summed E-state index contributed by atoms with van der Waals surface area (Å²) >= 11 is 5.93. The molecule has 2 aromatic rings. The minimum atomic E-state index is -0.0749. The first-order chi connectivity index (χ1) is 12.5. The third-order valence-electron chi connectivity index (χ3n) is 5.07. The predicted molar refractivity (Wildman–Crippen MR) is 105 cm³/mol. The van der Waals surface area contributed by atoms with Gasteiger partial charge in [-0.05, 0) is 50.8 Å². The molecule has 0 unspecified atom stereocenters. The third-order valence-corrected chi connectivity index (χ3v) is 5.32. The molecule has 1 amide bonds. The first-order valence-corrected chi connectivity index (χ1v) is 9.71. The standard InChI is InChI=1S/C20H27ClN4O/c1-15(2)24-12-8-18(9-13-24)23-20(26)19-22-10-14-25(19)11-7-16-3-5-17(21)6-4-16/h3-6,10,14-15,18H,7-9,11-13H2,1-2H3,(H,23,26). The number of likely N-dealkylation sites (tertiary alicyclic amines) is 1. The molecule has 0 atom stereocenters. The maximum atomic E-state index is 12.6. The Bertz CT molecular complexity index is 718. The maximum absolute atomic E-state index is 12.6. The van der Waals surface area contributed by atoms with Crippen molar-refractivity contribution in [2.45, 2.75) is 51.7 Å². The van der Waals surface area contributed by atoms with Gasteiger partial charge in [0.05, 0.1) is 0 Å². The molecule has 0 bridgehead atoms. The molecule has 26 heavy (non-hydrogen) atoms. The summed E-state index contributed by atoms with van der Waals surface area (Å²) in [6, 6.07) is 8.62. The van der Waals surface area contributed by atoms with Gasteiger partial charge in [0.25, 0.3) is 5.91 Å². The summed E-state index contributed by atoms with van der Waals surface area (Å²) < 4.78 is 1.92. The average Bonchev–Trinajstić information content (AvgIpc) is 3.10. The summed E-state index contributed by atoms with van der Waals surface area (Å²) in [4.78, 5) is 19.4. The van der Waals surface area contributed by atoms with E-state index in [0.29, 0.717) is 11.9 Å². The van der Waals surface area contributed by atoms with Crippen LogP contribution in [0.15, 0.2) is 36.7 Å². The van der Waals surface area contributed by atoms with Gasteiger partial charge in [-0.15, -0.1) is 0 Å². The van der Waals surface area contributed by atoms with E-state index < -0.39 is 0 Å². The van der Waals surface area contributed by atoms with Crippen LogP contribution in [0.25, 0.3) is 0 Å². The summed E-state index contributed by atoms with van der Waals surface area (Å²) in [5, 5.41) is 3.90. The van der Waals surface area contributed by atoms with Crippen LogP contribution in [-0.2, 0) is 13.0 Å². The molecule has 1 fully saturated rings. The van der Waals surface area contributed by atoms with Gasteiger partial charge in [-0.2, -0.15) is 0 Å². The van der Waals surface area contributed by atoms with Gasteiger partial charge in [0.1, 0.15) is 0 Å². The van der Waals surface area contributed by atoms with E-state index in [-0.39, 0.29) is 11.9 Å². The van der Waals surface area contributed by atoms with Gasteiger partial charge < -0.3 is 14.8 Å². The molecule has 5 nitrogen and oxygen atoms in total. The van der Waals surface area contributed by atoms with E-state index in [1.54, 1.807) is 6.20 Å². The lowest BCUT2D eigenvalue weighted by atomic mass is 10.0. The molecule has 0 spiro atoms. The minimum absolute atomic E-state index is 0.0749. The van der Waals surface area contributed by atoms with E-state index in [2.05, 4.69) is 29.0 Å². The number of rotatable bonds is 6. The summed E-state index contributed by atoms with van der Waals surface area (Å²) in [5.74, 6) is 0.416. The van der Waals surface area contributed by atoms with Crippen LogP contribution >= 0.6 is 11.6 Å². The number of imidazole rings is 1. The van der Waals surface area contributed by atoms with Gasteiger partial charge in [-0.25, -0.2) is 4.98 Å². The summed E-state index contributed by atoms with van der Waals surface area (Å²) in [6.45, 7) is 7.23. The van der Waals surface area contributed by atoms with E-state index in [1.807, 2.05) is 35.0 Å². The van der Waals surface area contributed by atoms with Gasteiger partial charge >= 0.3 is 0 Å². The second kappa shape index (κ2) is 8.69. The molecule has 0 saturated carbocycles. The molecular formula is C20H27ClN4O. The molecule has 1 aromatic heterocycles. The van der Waals surface area contributed by atoms with Crippen molar-refractivity contribution >= 4 is 17.5 Å². The largest absolute Gasteiger partial charge is 0.347 e. The fourth-order valence-corrected chi connectivity index (χ4v) is 3.54. The first-order valence-electron chi connectivity index (χ1n) is 9.33. The van der Waals surface area contributed by atoms with Crippen LogP contribution in [-0.4, -0.2) is 45.5 Å². The SMILES string of the molecule is CC(C)N1CCC(NC(=O)c2nccn2CCc2ccc(Cl)cc2)CC1. The fraction of sp³-hybridized carbons (Fsp3) is 0.500. The Labute approximate surface area is 160 Å². The quantitative estimate of drug-likeness (QED) is 0.843. The number of amides is 1. The zero-order chi connectivity index (χ0) is 18.5. The molecule has 0 aliphatic carbocycles. The highest BCUT2D eigenvalue weighted by Gasteiger charge is 2.23. The molecule has 140 valence electrons. The number of carbonyl (C=O) groups excluding carboxylic acids is 1. The second-order valence-electron chi connectivity index (χ2n) is 7.20. The fourth-order valence-electron chi connectivity index (χ4n) is 3.41. The number of piperidine rings is 1. The van der Waals surface area contributed by atoms with E-state index in [0.717, 1.165) is 43.9 Å². The number of benzene rings is 1. The van der Waals surface area contributed by atoms with Gasteiger partial charge in [-0.1, -0.05) is 23.7 Å². The van der Waals surface area contributed by atoms with Crippen LogP contribution in [0, 0.1) is 0 Å². The number of hydrogen-bond acceptors (Lipinski definition) is 3. The highest BCUT2D eigenvalue weighted by atomic mass is 35.5. The Hall–Kier alpha value is -1.85. The molecule has 1 aromatic carbocycles. The van der Waals surface area contributed by atoms with Crippen molar-refractivity contribution in [3.8, 4) is 0 Å². The Balaban J connectivity index is 1.54. The van der Waals surface area contributed by atoms with Crippen LogP contribution in [0.3, 0.4) is 0 Å². The van der Waals surface area contributed by atoms with Gasteiger partial charge in [-0.3, -0.25) is 4.79 Å². The Morgan fingerprint density at radius 2 is 1.96 bits per heavy atom. The van der Waals surface area contributed by atoms with Gasteiger partial charge in [0, 0.05) is 49.1 Å². The van der Waals surface area contributed by atoms with E-state index >= 15 is 0 Å². The van der Waals surface area contributed by atoms with Crippen molar-refractivity contribution in [2.24, 2.45) is 0 Å². The molecular weight excluding hydrogens is 348 g/mol. The van der Waals surface area contributed by atoms with Gasteiger partial charge in [0.2, 0.25) is 0 Å². The van der Waals surface area contributed by atoms with E-state index in [1.165, 1.54) is 5.56 Å². The van der Waals surface area contributed by atoms with Crippen LogP contribution in [0.2, 0.25) is 5.02 Å². The lowest BCUT2D eigenvalue weighted by Crippen LogP contribution is -2.47. The van der Waals surface area contributed by atoms with Crippen molar-refractivity contribution in [1.82, 2.24) is 19.8 Å². The van der Waals surface area contributed by atoms with Crippen molar-refractivity contribution in [1.29, 1.82) is 0 Å². The Morgan fingerprint density at radius 3 is 2.62 bits per heavy atom. The lowest BCUT2D eigenvalue weighted by molar-refractivity contribution is 0.0886. The summed E-state index contributed by atoms with van der Waals surface area (Å²) in [6.07, 6.45) is 6.38. The number of aromatic nitrogens is 2. The highest BCUT2D eigenvalue weighted by Crippen LogP contribution is 2.14. The maximum Gasteiger partial charge on any atom is 0.287 e. The van der Waals surface area contributed by atoms with Crippen molar-refractivity contribution in [3.05, 3.63) is 53.1 Å². The van der Waals surface area contributed by atoms with Crippen LogP contribution in [0.4, 0.5) is 0 Å². The van der Waals surface area contributed by atoms with Crippen LogP contribution < -0.4 is 5.32 Å². The normalized spacial score (nSPS) is 16.2. The van der Waals surface area contributed by atoms with E-state index in [4.69, 9.17) is 11.6 Å². The van der Waals surface area contributed by atoms with Crippen molar-refractivity contribution in [3.63, 3.8) is 0 Å². The summed E-state index contributed by atoms with van der Waals surface area (Å²) in [5.41, 5.74) is 1.19. The number of nitrogens with one attached hydrogen (secondary N) is 1. The molecule has 1 aliphatic heterocycles. The highest BCUT2D eigenvalue weighted by molar-refractivity contribution is 6.30. The number of aryl methyl sites for hydroxylation is 2. The molecule has 1 aliphatic rings. The zero-order valence-corrected chi connectivity index (χ0v) is 16.2. The van der Waals surface area contributed by atoms with Gasteiger partial charge in [0.15, 0.2) is 5.82 Å². The smallest absolute Gasteiger partial charge is 0.287 e. The molecule has 2 heterocycles. The predicted octanol–water partition coefficient (Wildman–Crippen LogP) is 3.38. The topological polar surface area (TPSA) is 50.2 Å². The van der Waals surface area contributed by atoms with Crippen LogP contribution in [0.5, 0.6) is 0 Å². The number of carbonyl (C=O) groups is 1. The Kier molecular flexibility index (Phi) is 6.33. The molecule has 1 saturated heterocycles. The summed E-state index contributed by atoms with van der Waals surface area (Å²) in [7, 11) is 0. The zero-order valence-electron chi connectivity index (χ0n) is 15.5. The average molecular weight is 375 g/mol. The third kappa shape index (κ3) is 4.86. The van der Waals surface area contributed by atoms with Crippen LogP contribution in [0.1, 0.15) is 42.9 Å². The Morgan fingerprint density at radius 1 is 1.27 bits per heavy atom. The monoisotopic (exact) mass is 374 g/mol. The lowest BCUT2D eigenvalue weighted by Gasteiger charge is -2.34. The molecule has 6 heteroatoms. The number of nitrogens with zero attached hydrogens (tertiary/aromatic N) is 3. The number of halogens is 1. The molecule has 1 N–H and O–H groups in total. The molecule has 3 rings (SSSR count). The number of hydrogen-bond donors (Lipinski definition) is 1. The molecule has 0 radical (unpaired) electrons. The minimum Gasteiger partial charge on any atom is -0.347 e. The van der Waals surface area contributed by atoms with E-state index in [9.17, 15) is 4.79 Å². The van der Waals surface area contributed by atoms with Crippen molar-refractivity contribution < 1.29 is 4.79 Å². The second-order valence-corrected chi connectivity index (χ2v) is 7.63. The first kappa shape index (κ1) is 18.9.